The number of rotatable bonds is 1. The molecule has 1 amide bonds. The summed E-state index contributed by atoms with van der Waals surface area (Å²) in [6.45, 7) is 0.499. The molecule has 0 aromatic heterocycles. The van der Waals surface area contributed by atoms with Gasteiger partial charge in [0.2, 0.25) is 0 Å². The molecule has 0 bridgehead atoms. The van der Waals surface area contributed by atoms with E-state index in [1.807, 2.05) is 30.3 Å². The second-order valence-electron chi connectivity index (χ2n) is 5.11. The predicted octanol–water partition coefficient (Wildman–Crippen LogP) is 3.63. The van der Waals surface area contributed by atoms with Crippen molar-refractivity contribution < 1.29 is 4.79 Å². The Morgan fingerprint density at radius 1 is 1.24 bits per heavy atom. The standard InChI is InChI=1S/C16H14BrClN2O/c17-13-6-3-5-12(15(13)18)16(21)20-9-11(19)8-10-4-1-2-7-14(10)20/h1-7,11H,8-9,19H2. The van der Waals surface area contributed by atoms with Gasteiger partial charge in [-0.3, -0.25) is 4.79 Å². The lowest BCUT2D eigenvalue weighted by Gasteiger charge is -2.33. The summed E-state index contributed by atoms with van der Waals surface area (Å²) < 4.78 is 0.713. The average Bonchev–Trinajstić information content (AvgIpc) is 2.48. The molecule has 1 aliphatic rings. The second kappa shape index (κ2) is 5.79. The summed E-state index contributed by atoms with van der Waals surface area (Å²) in [7, 11) is 0. The average molecular weight is 366 g/mol. The zero-order chi connectivity index (χ0) is 15.0. The van der Waals surface area contributed by atoms with Gasteiger partial charge in [-0.15, -0.1) is 0 Å². The Morgan fingerprint density at radius 3 is 2.81 bits per heavy atom. The minimum atomic E-state index is -0.121. The molecule has 2 N–H and O–H groups in total. The van der Waals surface area contributed by atoms with Crippen LogP contribution in [0.1, 0.15) is 15.9 Å². The summed E-state index contributed by atoms with van der Waals surface area (Å²) >= 11 is 9.60. The summed E-state index contributed by atoms with van der Waals surface area (Å²) in [4.78, 5) is 14.6. The fourth-order valence-corrected chi connectivity index (χ4v) is 3.21. The molecule has 2 aromatic rings. The Balaban J connectivity index is 2.04. The van der Waals surface area contributed by atoms with Gasteiger partial charge in [-0.1, -0.05) is 35.9 Å². The van der Waals surface area contributed by atoms with E-state index < -0.39 is 0 Å². The van der Waals surface area contributed by atoms with Crippen LogP contribution in [-0.2, 0) is 6.42 Å². The number of fused-ring (bicyclic) bond motifs is 1. The van der Waals surface area contributed by atoms with Crippen LogP contribution in [-0.4, -0.2) is 18.5 Å². The third-order valence-corrected chi connectivity index (χ3v) is 4.91. The van der Waals surface area contributed by atoms with E-state index >= 15 is 0 Å². The van der Waals surface area contributed by atoms with E-state index in [9.17, 15) is 4.79 Å². The van der Waals surface area contributed by atoms with Crippen LogP contribution in [0.3, 0.4) is 0 Å². The molecule has 0 aliphatic carbocycles. The highest BCUT2D eigenvalue weighted by Gasteiger charge is 2.28. The van der Waals surface area contributed by atoms with Crippen molar-refractivity contribution in [3.8, 4) is 0 Å². The van der Waals surface area contributed by atoms with Gasteiger partial charge in [0, 0.05) is 22.7 Å². The molecule has 1 unspecified atom stereocenters. The zero-order valence-electron chi connectivity index (χ0n) is 11.2. The van der Waals surface area contributed by atoms with Gasteiger partial charge >= 0.3 is 0 Å². The number of carbonyl (C=O) groups excluding carboxylic acids is 1. The Bertz CT molecular complexity index is 704. The van der Waals surface area contributed by atoms with Crippen LogP contribution in [0.15, 0.2) is 46.9 Å². The van der Waals surface area contributed by atoms with Gasteiger partial charge in [-0.05, 0) is 46.1 Å². The highest BCUT2D eigenvalue weighted by atomic mass is 79.9. The number of halogens is 2. The Morgan fingerprint density at radius 2 is 2.00 bits per heavy atom. The van der Waals surface area contributed by atoms with E-state index in [2.05, 4.69) is 15.9 Å². The largest absolute Gasteiger partial charge is 0.326 e. The molecule has 0 saturated carbocycles. The van der Waals surface area contributed by atoms with Gasteiger partial charge in [0.25, 0.3) is 5.91 Å². The summed E-state index contributed by atoms with van der Waals surface area (Å²) in [6, 6.07) is 13.1. The number of anilines is 1. The van der Waals surface area contributed by atoms with Crippen LogP contribution in [0, 0.1) is 0 Å². The smallest absolute Gasteiger partial charge is 0.259 e. The molecule has 3 nitrogen and oxygen atoms in total. The zero-order valence-corrected chi connectivity index (χ0v) is 13.6. The summed E-state index contributed by atoms with van der Waals surface area (Å²) in [5.41, 5.74) is 8.58. The topological polar surface area (TPSA) is 46.3 Å². The first-order valence-electron chi connectivity index (χ1n) is 6.67. The first-order chi connectivity index (χ1) is 10.1. The highest BCUT2D eigenvalue weighted by Crippen LogP contribution is 2.31. The van der Waals surface area contributed by atoms with Crippen molar-refractivity contribution in [1.82, 2.24) is 0 Å². The van der Waals surface area contributed by atoms with E-state index in [-0.39, 0.29) is 11.9 Å². The number of nitrogens with two attached hydrogens (primary N) is 1. The van der Waals surface area contributed by atoms with E-state index in [1.165, 1.54) is 0 Å². The second-order valence-corrected chi connectivity index (χ2v) is 6.34. The van der Waals surface area contributed by atoms with Crippen molar-refractivity contribution in [3.05, 3.63) is 63.1 Å². The van der Waals surface area contributed by atoms with Crippen LogP contribution >= 0.6 is 27.5 Å². The van der Waals surface area contributed by atoms with Crippen molar-refractivity contribution >= 4 is 39.1 Å². The van der Waals surface area contributed by atoms with Gasteiger partial charge in [0.15, 0.2) is 0 Å². The number of hydrogen-bond acceptors (Lipinski definition) is 2. The maximum atomic E-state index is 12.8. The molecule has 5 heteroatoms. The SMILES string of the molecule is NC1Cc2ccccc2N(C(=O)c2cccc(Br)c2Cl)C1. The molecule has 1 heterocycles. The first kappa shape index (κ1) is 14.6. The number of amides is 1. The summed E-state index contributed by atoms with van der Waals surface area (Å²) in [6.07, 6.45) is 0.784. The monoisotopic (exact) mass is 364 g/mol. The maximum absolute atomic E-state index is 12.8. The van der Waals surface area contributed by atoms with Crippen LogP contribution < -0.4 is 10.6 Å². The van der Waals surface area contributed by atoms with Gasteiger partial charge in [0.1, 0.15) is 0 Å². The number of para-hydroxylation sites is 1. The molecule has 3 rings (SSSR count). The number of benzene rings is 2. The molecular formula is C16H14BrClN2O. The van der Waals surface area contributed by atoms with Crippen LogP contribution in [0.25, 0.3) is 0 Å². The Hall–Kier alpha value is -1.36. The molecule has 1 atom stereocenters. The fraction of sp³-hybridized carbons (Fsp3) is 0.188. The van der Waals surface area contributed by atoms with E-state index in [0.717, 1.165) is 17.7 Å². The van der Waals surface area contributed by atoms with Crippen molar-refractivity contribution in [3.63, 3.8) is 0 Å². The number of hydrogen-bond donors (Lipinski definition) is 1. The molecule has 0 radical (unpaired) electrons. The van der Waals surface area contributed by atoms with E-state index in [0.29, 0.717) is 21.6 Å². The maximum Gasteiger partial charge on any atom is 0.259 e. The molecule has 21 heavy (non-hydrogen) atoms. The minimum absolute atomic E-state index is 0.0604. The first-order valence-corrected chi connectivity index (χ1v) is 7.84. The highest BCUT2D eigenvalue weighted by molar-refractivity contribution is 9.10. The predicted molar refractivity (Wildman–Crippen MR) is 88.9 cm³/mol. The number of carbonyl (C=O) groups is 1. The third-order valence-electron chi connectivity index (χ3n) is 3.61. The lowest BCUT2D eigenvalue weighted by molar-refractivity contribution is 0.0983. The van der Waals surface area contributed by atoms with Crippen molar-refractivity contribution in [2.24, 2.45) is 5.73 Å². The van der Waals surface area contributed by atoms with Crippen LogP contribution in [0.4, 0.5) is 5.69 Å². The minimum Gasteiger partial charge on any atom is -0.326 e. The number of nitrogens with zero attached hydrogens (tertiary/aromatic N) is 1. The molecule has 108 valence electrons. The van der Waals surface area contributed by atoms with Crippen molar-refractivity contribution in [1.29, 1.82) is 0 Å². The molecule has 0 saturated heterocycles. The third kappa shape index (κ3) is 2.71. The molecule has 0 fully saturated rings. The normalized spacial score (nSPS) is 17.5. The van der Waals surface area contributed by atoms with Crippen LogP contribution in [0.5, 0.6) is 0 Å². The van der Waals surface area contributed by atoms with Crippen molar-refractivity contribution in [2.75, 3.05) is 11.4 Å². The molecule has 2 aromatic carbocycles. The van der Waals surface area contributed by atoms with E-state index in [1.54, 1.807) is 17.0 Å². The lowest BCUT2D eigenvalue weighted by atomic mass is 9.97. The summed E-state index contributed by atoms with van der Waals surface area (Å²) in [5, 5.41) is 0.430. The molecule has 1 aliphatic heterocycles. The molecular weight excluding hydrogens is 352 g/mol. The Labute approximate surface area is 136 Å². The van der Waals surface area contributed by atoms with Crippen LogP contribution in [0.2, 0.25) is 5.02 Å². The molecule has 0 spiro atoms. The van der Waals surface area contributed by atoms with Gasteiger partial charge in [-0.25, -0.2) is 0 Å². The Kier molecular flexibility index (Phi) is 4.02. The van der Waals surface area contributed by atoms with Gasteiger partial charge in [0.05, 0.1) is 10.6 Å². The lowest BCUT2D eigenvalue weighted by Crippen LogP contribution is -2.46. The van der Waals surface area contributed by atoms with Gasteiger partial charge in [-0.2, -0.15) is 0 Å². The van der Waals surface area contributed by atoms with E-state index in [4.69, 9.17) is 17.3 Å². The summed E-state index contributed by atoms with van der Waals surface area (Å²) in [5.74, 6) is -0.121. The van der Waals surface area contributed by atoms with Crippen molar-refractivity contribution in [2.45, 2.75) is 12.5 Å². The fourth-order valence-electron chi connectivity index (χ4n) is 2.63. The van der Waals surface area contributed by atoms with Gasteiger partial charge < -0.3 is 10.6 Å². The quantitative estimate of drug-likeness (QED) is 0.839.